The van der Waals surface area contributed by atoms with Gasteiger partial charge < -0.3 is 9.84 Å². The SMILES string of the molecule is C=C(C)CC(O)C(C)(CC)OCC. The first-order chi connectivity index (χ1) is 5.96. The molecule has 0 aromatic heterocycles. The molecule has 1 N–H and O–H groups in total. The molecule has 0 rings (SSSR count). The van der Waals surface area contributed by atoms with Crippen molar-refractivity contribution < 1.29 is 9.84 Å². The van der Waals surface area contributed by atoms with Gasteiger partial charge in [-0.1, -0.05) is 12.5 Å². The van der Waals surface area contributed by atoms with E-state index < -0.39 is 11.7 Å². The summed E-state index contributed by atoms with van der Waals surface area (Å²) in [5, 5.41) is 9.88. The van der Waals surface area contributed by atoms with E-state index in [1.807, 2.05) is 27.7 Å². The summed E-state index contributed by atoms with van der Waals surface area (Å²) in [6, 6.07) is 0. The summed E-state index contributed by atoms with van der Waals surface area (Å²) in [6.45, 7) is 12.3. The zero-order chi connectivity index (χ0) is 10.5. The zero-order valence-electron chi connectivity index (χ0n) is 9.26. The van der Waals surface area contributed by atoms with Crippen LogP contribution in [0.25, 0.3) is 0 Å². The van der Waals surface area contributed by atoms with Crippen LogP contribution in [-0.2, 0) is 4.74 Å². The third-order valence-corrected chi connectivity index (χ3v) is 2.42. The quantitative estimate of drug-likeness (QED) is 0.646. The van der Waals surface area contributed by atoms with Gasteiger partial charge in [-0.3, -0.25) is 0 Å². The zero-order valence-corrected chi connectivity index (χ0v) is 9.26. The molecule has 2 unspecified atom stereocenters. The molecule has 2 nitrogen and oxygen atoms in total. The molecule has 0 aliphatic rings. The number of aliphatic hydroxyl groups is 1. The van der Waals surface area contributed by atoms with E-state index in [1.165, 1.54) is 0 Å². The van der Waals surface area contributed by atoms with E-state index in [0.717, 1.165) is 12.0 Å². The summed E-state index contributed by atoms with van der Waals surface area (Å²) in [5.74, 6) is 0. The average Bonchev–Trinajstić information content (AvgIpc) is 2.03. The fourth-order valence-electron chi connectivity index (χ4n) is 1.31. The molecule has 0 aliphatic carbocycles. The second-order valence-corrected chi connectivity index (χ2v) is 3.78. The maximum Gasteiger partial charge on any atom is 0.0912 e. The van der Waals surface area contributed by atoms with E-state index in [2.05, 4.69) is 6.58 Å². The fourth-order valence-corrected chi connectivity index (χ4v) is 1.31. The van der Waals surface area contributed by atoms with E-state index in [1.54, 1.807) is 0 Å². The first kappa shape index (κ1) is 12.7. The minimum absolute atomic E-state index is 0.423. The smallest absolute Gasteiger partial charge is 0.0912 e. The van der Waals surface area contributed by atoms with E-state index in [4.69, 9.17) is 4.74 Å². The lowest BCUT2D eigenvalue weighted by Gasteiger charge is -2.33. The summed E-state index contributed by atoms with van der Waals surface area (Å²) in [5.41, 5.74) is 0.570. The molecule has 0 bridgehead atoms. The van der Waals surface area contributed by atoms with Gasteiger partial charge >= 0.3 is 0 Å². The molecule has 0 aromatic carbocycles. The van der Waals surface area contributed by atoms with Gasteiger partial charge in [-0.05, 0) is 33.6 Å². The highest BCUT2D eigenvalue weighted by atomic mass is 16.5. The average molecular weight is 186 g/mol. The second-order valence-electron chi connectivity index (χ2n) is 3.78. The molecule has 0 heterocycles. The van der Waals surface area contributed by atoms with Crippen molar-refractivity contribution in [2.24, 2.45) is 0 Å². The minimum Gasteiger partial charge on any atom is -0.390 e. The van der Waals surface area contributed by atoms with Crippen molar-refractivity contribution in [3.8, 4) is 0 Å². The highest BCUT2D eigenvalue weighted by Gasteiger charge is 2.31. The number of hydrogen-bond acceptors (Lipinski definition) is 2. The molecule has 0 aromatic rings. The minimum atomic E-state index is -0.449. The van der Waals surface area contributed by atoms with Crippen LogP contribution in [0.4, 0.5) is 0 Å². The molecule has 13 heavy (non-hydrogen) atoms. The van der Waals surface area contributed by atoms with Crippen LogP contribution >= 0.6 is 0 Å². The van der Waals surface area contributed by atoms with E-state index in [0.29, 0.717) is 13.0 Å². The Hall–Kier alpha value is -0.340. The topological polar surface area (TPSA) is 29.5 Å². The first-order valence-electron chi connectivity index (χ1n) is 4.92. The highest BCUT2D eigenvalue weighted by molar-refractivity contribution is 4.96. The standard InChI is InChI=1S/C11H22O2/c1-6-11(5,13-7-2)10(12)8-9(3)4/h10,12H,3,6-8H2,1-2,4-5H3. The van der Waals surface area contributed by atoms with Gasteiger partial charge in [0, 0.05) is 6.61 Å². The number of ether oxygens (including phenoxy) is 1. The van der Waals surface area contributed by atoms with Crippen LogP contribution in [0, 0.1) is 0 Å². The second kappa shape index (κ2) is 5.40. The third kappa shape index (κ3) is 3.92. The summed E-state index contributed by atoms with van der Waals surface area (Å²) in [4.78, 5) is 0. The lowest BCUT2D eigenvalue weighted by molar-refractivity contribution is -0.110. The maximum atomic E-state index is 9.88. The van der Waals surface area contributed by atoms with E-state index in [9.17, 15) is 5.11 Å². The van der Waals surface area contributed by atoms with Gasteiger partial charge in [-0.15, -0.1) is 6.58 Å². The number of rotatable bonds is 6. The fraction of sp³-hybridized carbons (Fsp3) is 0.818. The van der Waals surface area contributed by atoms with Crippen LogP contribution in [0.3, 0.4) is 0 Å². The maximum absolute atomic E-state index is 9.88. The van der Waals surface area contributed by atoms with Gasteiger partial charge in [-0.2, -0.15) is 0 Å². The molecule has 0 saturated carbocycles. The number of hydrogen-bond donors (Lipinski definition) is 1. The summed E-state index contributed by atoms with van der Waals surface area (Å²) in [7, 11) is 0. The largest absolute Gasteiger partial charge is 0.390 e. The third-order valence-electron chi connectivity index (χ3n) is 2.42. The van der Waals surface area contributed by atoms with Crippen LogP contribution in [0.5, 0.6) is 0 Å². The van der Waals surface area contributed by atoms with Crippen LogP contribution in [0.1, 0.15) is 40.5 Å². The van der Waals surface area contributed by atoms with E-state index in [-0.39, 0.29) is 0 Å². The Bertz CT molecular complexity index is 165. The van der Waals surface area contributed by atoms with Crippen molar-refractivity contribution in [1.29, 1.82) is 0 Å². The Labute approximate surface area is 81.6 Å². The van der Waals surface area contributed by atoms with Crippen LogP contribution in [0.15, 0.2) is 12.2 Å². The van der Waals surface area contributed by atoms with Gasteiger partial charge in [0.1, 0.15) is 0 Å². The molecule has 0 spiro atoms. The van der Waals surface area contributed by atoms with Gasteiger partial charge in [0.2, 0.25) is 0 Å². The Kier molecular flexibility index (Phi) is 5.26. The summed E-state index contributed by atoms with van der Waals surface area (Å²) in [6.07, 6.45) is 0.981. The Morgan fingerprint density at radius 2 is 2.08 bits per heavy atom. The normalized spacial score (nSPS) is 17.9. The molecule has 0 saturated heterocycles. The Morgan fingerprint density at radius 3 is 2.38 bits per heavy atom. The van der Waals surface area contributed by atoms with Crippen LogP contribution < -0.4 is 0 Å². The van der Waals surface area contributed by atoms with Crippen molar-refractivity contribution in [3.63, 3.8) is 0 Å². The molecule has 0 amide bonds. The van der Waals surface area contributed by atoms with E-state index >= 15 is 0 Å². The van der Waals surface area contributed by atoms with Crippen molar-refractivity contribution in [3.05, 3.63) is 12.2 Å². The molecule has 0 fully saturated rings. The van der Waals surface area contributed by atoms with Gasteiger partial charge in [0.25, 0.3) is 0 Å². The van der Waals surface area contributed by atoms with Crippen LogP contribution in [-0.4, -0.2) is 23.4 Å². The molecule has 78 valence electrons. The van der Waals surface area contributed by atoms with Crippen molar-refractivity contribution in [2.45, 2.75) is 52.2 Å². The molecule has 2 atom stereocenters. The lowest BCUT2D eigenvalue weighted by atomic mass is 9.91. The predicted octanol–water partition coefficient (Wildman–Crippen LogP) is 2.52. The summed E-state index contributed by atoms with van der Waals surface area (Å²) >= 11 is 0. The molecule has 0 radical (unpaired) electrons. The van der Waals surface area contributed by atoms with Gasteiger partial charge in [0.05, 0.1) is 11.7 Å². The van der Waals surface area contributed by atoms with Crippen molar-refractivity contribution >= 4 is 0 Å². The Balaban J connectivity index is 4.27. The van der Waals surface area contributed by atoms with Crippen LogP contribution in [0.2, 0.25) is 0 Å². The first-order valence-corrected chi connectivity index (χ1v) is 4.92. The predicted molar refractivity (Wildman–Crippen MR) is 55.8 cm³/mol. The van der Waals surface area contributed by atoms with Crippen molar-refractivity contribution in [1.82, 2.24) is 0 Å². The van der Waals surface area contributed by atoms with Gasteiger partial charge in [-0.25, -0.2) is 0 Å². The monoisotopic (exact) mass is 186 g/mol. The van der Waals surface area contributed by atoms with Crippen molar-refractivity contribution in [2.75, 3.05) is 6.61 Å². The molecule has 2 heteroatoms. The molecular weight excluding hydrogens is 164 g/mol. The highest BCUT2D eigenvalue weighted by Crippen LogP contribution is 2.24. The van der Waals surface area contributed by atoms with Gasteiger partial charge in [0.15, 0.2) is 0 Å². The number of aliphatic hydroxyl groups excluding tert-OH is 1. The molecule has 0 aliphatic heterocycles. The Morgan fingerprint density at radius 1 is 1.54 bits per heavy atom. The summed E-state index contributed by atoms with van der Waals surface area (Å²) < 4.78 is 5.55. The molecular formula is C11H22O2. The lowest BCUT2D eigenvalue weighted by Crippen LogP contribution is -2.41.